The Morgan fingerprint density at radius 1 is 1.24 bits per heavy atom. The van der Waals surface area contributed by atoms with Crippen LogP contribution in [0, 0.1) is 6.92 Å². The number of nitrogens with two attached hydrogens (primary N) is 1. The Bertz CT molecular complexity index is 529. The zero-order valence-corrected chi connectivity index (χ0v) is 13.6. The maximum absolute atomic E-state index is 12.7. The fourth-order valence-corrected chi connectivity index (χ4v) is 3.57. The second-order valence-corrected chi connectivity index (χ2v) is 6.43. The number of methoxy groups -OCH3 is 2. The number of sulfonamides is 1. The number of aromatic nitrogens is 2. The lowest BCUT2D eigenvalue weighted by atomic mass is 10.3. The quantitative estimate of drug-likeness (QED) is 0.580. The molecule has 0 aliphatic heterocycles. The van der Waals surface area contributed by atoms with Gasteiger partial charge in [-0.05, 0) is 13.3 Å². The van der Waals surface area contributed by atoms with Crippen LogP contribution in [-0.2, 0) is 26.0 Å². The van der Waals surface area contributed by atoms with Crippen LogP contribution in [0.3, 0.4) is 0 Å². The molecule has 3 N–H and O–H groups in total. The van der Waals surface area contributed by atoms with Gasteiger partial charge in [-0.3, -0.25) is 5.10 Å². The van der Waals surface area contributed by atoms with E-state index in [2.05, 4.69) is 10.2 Å². The standard InChI is InChI=1S/C12H24N4O4S/c1-10-11(9-13)12(15-14-10)21(17,18)16(6-8-20-3)5-4-7-19-2/h4-9,13H2,1-3H3,(H,14,15). The molecule has 0 fully saturated rings. The van der Waals surface area contributed by atoms with Gasteiger partial charge >= 0.3 is 0 Å². The van der Waals surface area contributed by atoms with Crippen molar-refractivity contribution in [1.29, 1.82) is 0 Å². The largest absolute Gasteiger partial charge is 0.385 e. The van der Waals surface area contributed by atoms with Gasteiger partial charge in [0.15, 0.2) is 5.03 Å². The van der Waals surface area contributed by atoms with E-state index in [1.54, 1.807) is 14.0 Å². The molecule has 0 aromatic carbocycles. The molecule has 0 atom stereocenters. The lowest BCUT2D eigenvalue weighted by molar-refractivity contribution is 0.164. The van der Waals surface area contributed by atoms with Crippen LogP contribution < -0.4 is 5.73 Å². The van der Waals surface area contributed by atoms with Gasteiger partial charge in [0.25, 0.3) is 10.0 Å². The summed E-state index contributed by atoms with van der Waals surface area (Å²) in [7, 11) is -0.588. The van der Waals surface area contributed by atoms with E-state index < -0.39 is 10.0 Å². The highest BCUT2D eigenvalue weighted by molar-refractivity contribution is 7.89. The molecule has 0 saturated heterocycles. The summed E-state index contributed by atoms with van der Waals surface area (Å²) < 4.78 is 36.7. The molecular weight excluding hydrogens is 296 g/mol. The number of aryl methyl sites for hydroxylation is 1. The van der Waals surface area contributed by atoms with E-state index in [4.69, 9.17) is 15.2 Å². The lowest BCUT2D eigenvalue weighted by Gasteiger charge is -2.21. The molecule has 0 radical (unpaired) electrons. The Kier molecular flexibility index (Phi) is 7.26. The molecule has 0 bridgehead atoms. The maximum atomic E-state index is 12.7. The molecule has 8 nitrogen and oxygen atoms in total. The molecule has 0 aliphatic rings. The summed E-state index contributed by atoms with van der Waals surface area (Å²) in [5.74, 6) is 0. The Hall–Kier alpha value is -1.00. The minimum atomic E-state index is -3.70. The molecule has 1 heterocycles. The summed E-state index contributed by atoms with van der Waals surface area (Å²) in [4.78, 5) is 0. The lowest BCUT2D eigenvalue weighted by Crippen LogP contribution is -2.36. The summed E-state index contributed by atoms with van der Waals surface area (Å²) in [5, 5.41) is 6.59. The minimum absolute atomic E-state index is 0.00369. The third-order valence-electron chi connectivity index (χ3n) is 3.13. The molecule has 0 amide bonds. The number of ether oxygens (including phenoxy) is 2. The summed E-state index contributed by atoms with van der Waals surface area (Å²) >= 11 is 0. The van der Waals surface area contributed by atoms with Crippen molar-refractivity contribution in [2.75, 3.05) is 40.5 Å². The van der Waals surface area contributed by atoms with E-state index in [-0.39, 0.29) is 18.1 Å². The van der Waals surface area contributed by atoms with E-state index in [1.165, 1.54) is 11.4 Å². The molecular formula is C12H24N4O4S. The smallest absolute Gasteiger partial charge is 0.262 e. The zero-order chi connectivity index (χ0) is 15.9. The second-order valence-electron chi connectivity index (χ2n) is 4.58. The van der Waals surface area contributed by atoms with Crippen LogP contribution in [0.15, 0.2) is 5.03 Å². The van der Waals surface area contributed by atoms with Gasteiger partial charge in [-0.15, -0.1) is 0 Å². The average Bonchev–Trinajstić information content (AvgIpc) is 2.84. The number of nitrogens with zero attached hydrogens (tertiary/aromatic N) is 2. The fraction of sp³-hybridized carbons (Fsp3) is 0.750. The van der Waals surface area contributed by atoms with Crippen molar-refractivity contribution in [1.82, 2.24) is 14.5 Å². The number of hydrogen-bond donors (Lipinski definition) is 2. The first-order chi connectivity index (χ1) is 9.98. The third kappa shape index (κ3) is 4.48. The molecule has 0 unspecified atom stereocenters. The monoisotopic (exact) mass is 320 g/mol. The van der Waals surface area contributed by atoms with Gasteiger partial charge in [-0.1, -0.05) is 0 Å². The van der Waals surface area contributed by atoms with Crippen molar-refractivity contribution >= 4 is 10.0 Å². The molecule has 1 rings (SSSR count). The van der Waals surface area contributed by atoms with Crippen molar-refractivity contribution in [2.24, 2.45) is 5.73 Å². The predicted octanol–water partition coefficient (Wildman–Crippen LogP) is -0.150. The third-order valence-corrected chi connectivity index (χ3v) is 5.00. The first-order valence-electron chi connectivity index (χ1n) is 6.71. The predicted molar refractivity (Wildman–Crippen MR) is 78.3 cm³/mol. The fourth-order valence-electron chi connectivity index (χ4n) is 1.94. The molecule has 1 aromatic heterocycles. The molecule has 0 spiro atoms. The van der Waals surface area contributed by atoms with Crippen LogP contribution in [0.1, 0.15) is 17.7 Å². The molecule has 122 valence electrons. The zero-order valence-electron chi connectivity index (χ0n) is 12.8. The number of rotatable bonds is 10. The Labute approximate surface area is 125 Å². The van der Waals surface area contributed by atoms with E-state index in [9.17, 15) is 8.42 Å². The van der Waals surface area contributed by atoms with Gasteiger partial charge in [0, 0.05) is 51.7 Å². The van der Waals surface area contributed by atoms with Crippen LogP contribution in [-0.4, -0.2) is 63.4 Å². The first kappa shape index (κ1) is 18.1. The van der Waals surface area contributed by atoms with Crippen LogP contribution >= 0.6 is 0 Å². The summed E-state index contributed by atoms with van der Waals surface area (Å²) in [6.07, 6.45) is 0.598. The second kappa shape index (κ2) is 8.44. The van der Waals surface area contributed by atoms with Crippen molar-refractivity contribution in [2.45, 2.75) is 24.9 Å². The highest BCUT2D eigenvalue weighted by atomic mass is 32.2. The average molecular weight is 320 g/mol. The number of H-pyrrole nitrogens is 1. The van der Waals surface area contributed by atoms with Gasteiger partial charge in [0.05, 0.1) is 6.61 Å². The van der Waals surface area contributed by atoms with Crippen molar-refractivity contribution in [3.63, 3.8) is 0 Å². The summed E-state index contributed by atoms with van der Waals surface area (Å²) in [5.41, 5.74) is 6.81. The van der Waals surface area contributed by atoms with E-state index in [0.717, 1.165) is 0 Å². The van der Waals surface area contributed by atoms with E-state index in [1.807, 2.05) is 0 Å². The molecule has 21 heavy (non-hydrogen) atoms. The van der Waals surface area contributed by atoms with Gasteiger partial charge in [-0.25, -0.2) is 8.42 Å². The topological polar surface area (TPSA) is 111 Å². The first-order valence-corrected chi connectivity index (χ1v) is 8.15. The van der Waals surface area contributed by atoms with Crippen LogP contribution in [0.25, 0.3) is 0 Å². The van der Waals surface area contributed by atoms with Crippen LogP contribution in [0.5, 0.6) is 0 Å². The van der Waals surface area contributed by atoms with Gasteiger partial charge in [0.1, 0.15) is 0 Å². The summed E-state index contributed by atoms with van der Waals surface area (Å²) in [6.45, 7) is 3.27. The van der Waals surface area contributed by atoms with Gasteiger partial charge < -0.3 is 15.2 Å². The molecule has 0 aliphatic carbocycles. The highest BCUT2D eigenvalue weighted by Gasteiger charge is 2.29. The molecule has 9 heteroatoms. The Morgan fingerprint density at radius 3 is 2.48 bits per heavy atom. The van der Waals surface area contributed by atoms with Crippen molar-refractivity contribution in [3.8, 4) is 0 Å². The Balaban J connectivity index is 3.01. The summed E-state index contributed by atoms with van der Waals surface area (Å²) in [6, 6.07) is 0. The molecule has 0 saturated carbocycles. The van der Waals surface area contributed by atoms with E-state index in [0.29, 0.717) is 37.4 Å². The van der Waals surface area contributed by atoms with Gasteiger partial charge in [0.2, 0.25) is 0 Å². The van der Waals surface area contributed by atoms with Crippen molar-refractivity contribution in [3.05, 3.63) is 11.3 Å². The highest BCUT2D eigenvalue weighted by Crippen LogP contribution is 2.20. The number of hydrogen-bond acceptors (Lipinski definition) is 6. The number of aromatic amines is 1. The van der Waals surface area contributed by atoms with E-state index >= 15 is 0 Å². The van der Waals surface area contributed by atoms with Crippen molar-refractivity contribution < 1.29 is 17.9 Å². The Morgan fingerprint density at radius 2 is 1.90 bits per heavy atom. The molecule has 1 aromatic rings. The normalized spacial score (nSPS) is 12.2. The number of nitrogens with one attached hydrogen (secondary N) is 1. The minimum Gasteiger partial charge on any atom is -0.385 e. The van der Waals surface area contributed by atoms with Crippen LogP contribution in [0.2, 0.25) is 0 Å². The SMILES string of the molecule is COCCCN(CCOC)S(=O)(=O)c1n[nH]c(C)c1CN. The van der Waals surface area contributed by atoms with Gasteiger partial charge in [-0.2, -0.15) is 9.40 Å². The van der Waals surface area contributed by atoms with Crippen LogP contribution in [0.4, 0.5) is 0 Å². The maximum Gasteiger partial charge on any atom is 0.262 e.